The largest absolute Gasteiger partial charge is 0.490 e. The number of ether oxygens (including phenoxy) is 1. The number of halogens is 1. The molecule has 0 atom stereocenters. The summed E-state index contributed by atoms with van der Waals surface area (Å²) in [6.45, 7) is 3.86. The van der Waals surface area contributed by atoms with E-state index in [0.717, 1.165) is 66.7 Å². The molecule has 5 rings (SSSR count). The smallest absolute Gasteiger partial charge is 0.299 e. The molecule has 7 heteroatoms. The molecule has 1 saturated carbocycles. The second-order valence-corrected chi connectivity index (χ2v) is 8.52. The molecule has 0 amide bonds. The van der Waals surface area contributed by atoms with Crippen LogP contribution in [0.4, 0.5) is 17.4 Å². The fraction of sp³-hybridized carbons (Fsp3) is 0.375. The minimum Gasteiger partial charge on any atom is -0.490 e. The lowest BCUT2D eigenvalue weighted by molar-refractivity contribution is 0.210. The van der Waals surface area contributed by atoms with Gasteiger partial charge in [0.15, 0.2) is 5.76 Å². The Bertz CT molecular complexity index is 1030. The van der Waals surface area contributed by atoms with E-state index in [2.05, 4.69) is 20.5 Å². The molecule has 1 saturated heterocycles. The van der Waals surface area contributed by atoms with Gasteiger partial charge < -0.3 is 24.7 Å². The molecule has 2 N–H and O–H groups in total. The number of aromatic nitrogens is 1. The summed E-state index contributed by atoms with van der Waals surface area (Å²) in [7, 11) is 0. The molecule has 31 heavy (non-hydrogen) atoms. The molecule has 1 aliphatic carbocycles. The molecule has 0 bridgehead atoms. The van der Waals surface area contributed by atoms with Crippen molar-refractivity contribution in [3.63, 3.8) is 0 Å². The first-order valence-corrected chi connectivity index (χ1v) is 11.4. The maximum absolute atomic E-state index is 6.55. The van der Waals surface area contributed by atoms with Gasteiger partial charge in [-0.15, -0.1) is 0 Å². The van der Waals surface area contributed by atoms with Crippen LogP contribution in [-0.4, -0.2) is 37.3 Å². The van der Waals surface area contributed by atoms with Crippen LogP contribution < -0.4 is 20.3 Å². The van der Waals surface area contributed by atoms with E-state index >= 15 is 0 Å². The lowest BCUT2D eigenvalue weighted by Crippen LogP contribution is -2.43. The number of oxazole rings is 1. The van der Waals surface area contributed by atoms with Crippen molar-refractivity contribution < 1.29 is 9.15 Å². The fourth-order valence-electron chi connectivity index (χ4n) is 4.26. The third-order valence-corrected chi connectivity index (χ3v) is 6.19. The molecule has 0 radical (unpaired) electrons. The van der Waals surface area contributed by atoms with Crippen LogP contribution in [0.1, 0.15) is 25.7 Å². The van der Waals surface area contributed by atoms with Crippen LogP contribution in [0.5, 0.6) is 5.75 Å². The number of benzene rings is 2. The van der Waals surface area contributed by atoms with Crippen LogP contribution in [-0.2, 0) is 0 Å². The summed E-state index contributed by atoms with van der Waals surface area (Å²) >= 11 is 6.55. The molecule has 0 spiro atoms. The lowest BCUT2D eigenvalue weighted by Gasteiger charge is -2.30. The van der Waals surface area contributed by atoms with E-state index in [1.165, 1.54) is 12.8 Å². The maximum atomic E-state index is 6.55. The zero-order chi connectivity index (χ0) is 21.0. The summed E-state index contributed by atoms with van der Waals surface area (Å²) in [5.74, 6) is 1.58. The zero-order valence-electron chi connectivity index (χ0n) is 17.4. The minimum atomic E-state index is 0.330. The van der Waals surface area contributed by atoms with Gasteiger partial charge in [0.05, 0.1) is 23.0 Å². The quantitative estimate of drug-likeness (QED) is 0.532. The third-order valence-electron chi connectivity index (χ3n) is 5.89. The molecule has 6 nitrogen and oxygen atoms in total. The number of piperazine rings is 1. The van der Waals surface area contributed by atoms with Gasteiger partial charge >= 0.3 is 0 Å². The number of nitrogens with one attached hydrogen (secondary N) is 2. The highest BCUT2D eigenvalue weighted by molar-refractivity contribution is 6.33. The number of nitrogens with zero attached hydrogens (tertiary/aromatic N) is 2. The van der Waals surface area contributed by atoms with E-state index < -0.39 is 0 Å². The fourth-order valence-corrected chi connectivity index (χ4v) is 4.56. The van der Waals surface area contributed by atoms with Gasteiger partial charge in [0.1, 0.15) is 5.75 Å². The van der Waals surface area contributed by atoms with Crippen molar-refractivity contribution in [3.05, 3.63) is 53.7 Å². The van der Waals surface area contributed by atoms with Crippen LogP contribution in [0.15, 0.2) is 53.1 Å². The summed E-state index contributed by atoms with van der Waals surface area (Å²) in [6, 6.07) is 14.4. The standard InChI is InChI=1S/C24H27ClN4O2/c25-21-15-18(8-9-22(21)29-12-10-26-11-13-29)28-24-27-16-23(31-24)17-4-3-7-20(14-17)30-19-5-1-2-6-19/h3-4,7-9,14-16,19,26H,1-2,5-6,10-13H2,(H,27,28). The molecular weight excluding hydrogens is 412 g/mol. The van der Waals surface area contributed by atoms with Crippen LogP contribution >= 0.6 is 11.6 Å². The number of anilines is 3. The molecule has 2 aromatic carbocycles. The Balaban J connectivity index is 1.27. The number of hydrogen-bond donors (Lipinski definition) is 2. The minimum absolute atomic E-state index is 0.330. The Morgan fingerprint density at radius 1 is 1.10 bits per heavy atom. The van der Waals surface area contributed by atoms with Gasteiger partial charge in [-0.1, -0.05) is 23.7 Å². The van der Waals surface area contributed by atoms with E-state index in [1.807, 2.05) is 42.5 Å². The molecule has 2 heterocycles. The molecule has 2 aliphatic rings. The number of rotatable bonds is 6. The predicted octanol–water partition coefficient (Wildman–Crippen LogP) is 5.47. The van der Waals surface area contributed by atoms with Crippen LogP contribution in [0, 0.1) is 0 Å². The van der Waals surface area contributed by atoms with E-state index in [-0.39, 0.29) is 0 Å². The Morgan fingerprint density at radius 2 is 1.94 bits per heavy atom. The monoisotopic (exact) mass is 438 g/mol. The van der Waals surface area contributed by atoms with Gasteiger partial charge in [0, 0.05) is 37.4 Å². The first-order chi connectivity index (χ1) is 15.2. The third kappa shape index (κ3) is 4.81. The topological polar surface area (TPSA) is 62.6 Å². The molecule has 1 aliphatic heterocycles. The van der Waals surface area contributed by atoms with E-state index in [1.54, 1.807) is 6.20 Å². The molecule has 3 aromatic rings. The highest BCUT2D eigenvalue weighted by Crippen LogP contribution is 2.32. The van der Waals surface area contributed by atoms with Gasteiger partial charge in [-0.05, 0) is 56.0 Å². The van der Waals surface area contributed by atoms with Crippen molar-refractivity contribution in [2.45, 2.75) is 31.8 Å². The van der Waals surface area contributed by atoms with E-state index in [0.29, 0.717) is 17.9 Å². The molecule has 1 aromatic heterocycles. The first kappa shape index (κ1) is 20.2. The van der Waals surface area contributed by atoms with Gasteiger partial charge in [-0.2, -0.15) is 0 Å². The normalized spacial score (nSPS) is 17.1. The maximum Gasteiger partial charge on any atom is 0.299 e. The SMILES string of the molecule is Clc1cc(Nc2ncc(-c3cccc(OC4CCCC4)c3)o2)ccc1N1CCNCC1. The van der Waals surface area contributed by atoms with Crippen molar-refractivity contribution in [2.24, 2.45) is 0 Å². The average Bonchev–Trinajstić information content (AvgIpc) is 3.47. The Labute approximate surface area is 187 Å². The second kappa shape index (κ2) is 9.20. The van der Waals surface area contributed by atoms with Gasteiger partial charge in [0.2, 0.25) is 0 Å². The lowest BCUT2D eigenvalue weighted by atomic mass is 10.2. The molecule has 2 fully saturated rings. The van der Waals surface area contributed by atoms with Crippen LogP contribution in [0.25, 0.3) is 11.3 Å². The predicted molar refractivity (Wildman–Crippen MR) is 125 cm³/mol. The van der Waals surface area contributed by atoms with Crippen molar-refractivity contribution >= 4 is 29.0 Å². The van der Waals surface area contributed by atoms with Gasteiger partial charge in [-0.25, -0.2) is 4.98 Å². The van der Waals surface area contributed by atoms with Crippen molar-refractivity contribution in [1.82, 2.24) is 10.3 Å². The van der Waals surface area contributed by atoms with E-state index in [4.69, 9.17) is 20.8 Å². The first-order valence-electron chi connectivity index (χ1n) is 11.0. The summed E-state index contributed by atoms with van der Waals surface area (Å²) in [5, 5.41) is 7.29. The Morgan fingerprint density at radius 3 is 2.74 bits per heavy atom. The summed E-state index contributed by atoms with van der Waals surface area (Å²) < 4.78 is 12.1. The van der Waals surface area contributed by atoms with Crippen molar-refractivity contribution in [2.75, 3.05) is 36.4 Å². The van der Waals surface area contributed by atoms with Gasteiger partial charge in [0.25, 0.3) is 6.01 Å². The second-order valence-electron chi connectivity index (χ2n) is 8.11. The van der Waals surface area contributed by atoms with Crippen LogP contribution in [0.2, 0.25) is 5.02 Å². The average molecular weight is 439 g/mol. The highest BCUT2D eigenvalue weighted by atomic mass is 35.5. The molecule has 0 unspecified atom stereocenters. The van der Waals surface area contributed by atoms with Crippen molar-refractivity contribution in [1.29, 1.82) is 0 Å². The Kier molecular flexibility index (Phi) is 6.00. The van der Waals surface area contributed by atoms with Gasteiger partial charge in [-0.3, -0.25) is 0 Å². The molecule has 162 valence electrons. The molecular formula is C24H27ClN4O2. The van der Waals surface area contributed by atoms with E-state index in [9.17, 15) is 0 Å². The summed E-state index contributed by atoms with van der Waals surface area (Å²) in [4.78, 5) is 6.68. The van der Waals surface area contributed by atoms with Crippen molar-refractivity contribution in [3.8, 4) is 17.1 Å². The highest BCUT2D eigenvalue weighted by Gasteiger charge is 2.17. The zero-order valence-corrected chi connectivity index (χ0v) is 18.2. The Hall–Kier alpha value is -2.70. The number of hydrogen-bond acceptors (Lipinski definition) is 6. The van der Waals surface area contributed by atoms with Crippen LogP contribution in [0.3, 0.4) is 0 Å². The summed E-state index contributed by atoms with van der Waals surface area (Å²) in [5.41, 5.74) is 2.85. The summed E-state index contributed by atoms with van der Waals surface area (Å²) in [6.07, 6.45) is 6.83.